The van der Waals surface area contributed by atoms with Crippen molar-refractivity contribution in [3.63, 3.8) is 0 Å². The number of hydrogen-bond acceptors (Lipinski definition) is 6. The van der Waals surface area contributed by atoms with Crippen LogP contribution in [0.25, 0.3) is 0 Å². The number of aromatic hydroxyl groups is 1. The van der Waals surface area contributed by atoms with E-state index in [0.717, 1.165) is 11.3 Å². The van der Waals surface area contributed by atoms with Gasteiger partial charge in [0.05, 0.1) is 24.5 Å². The molecule has 0 radical (unpaired) electrons. The van der Waals surface area contributed by atoms with Crippen LogP contribution >= 0.6 is 0 Å². The maximum atomic E-state index is 13.6. The Balaban J connectivity index is 1.60. The monoisotopic (exact) mass is 430 g/mol. The number of fused-ring (bicyclic) bond motifs is 1. The minimum atomic E-state index is -0.950. The van der Waals surface area contributed by atoms with Crippen molar-refractivity contribution < 1.29 is 24.3 Å². The van der Waals surface area contributed by atoms with E-state index in [9.17, 15) is 14.7 Å². The molecule has 2 amide bonds. The molecule has 162 valence electrons. The van der Waals surface area contributed by atoms with Crippen molar-refractivity contribution in [1.82, 2.24) is 0 Å². The lowest BCUT2D eigenvalue weighted by Gasteiger charge is -2.29. The standard InChI is InChI=1S/C25H22N2O5/c1-15-8-11-17(12-9-15)26-24(29)21-22(16-10-13-19(28)20(14-16)31-2)27(32-23(21)25(26)30)18-6-4-3-5-7-18/h3-14,21-23,28H,1-2H3/t21-,22+,23+/m1/s1. The van der Waals surface area contributed by atoms with Gasteiger partial charge in [0.15, 0.2) is 17.6 Å². The number of para-hydroxylation sites is 1. The van der Waals surface area contributed by atoms with Crippen LogP contribution in [0.2, 0.25) is 0 Å². The number of hydroxylamine groups is 1. The summed E-state index contributed by atoms with van der Waals surface area (Å²) in [5, 5.41) is 11.7. The second-order valence-electron chi connectivity index (χ2n) is 7.94. The number of carbonyl (C=O) groups excluding carboxylic acids is 2. The van der Waals surface area contributed by atoms with E-state index in [1.54, 1.807) is 29.3 Å². The van der Waals surface area contributed by atoms with Gasteiger partial charge in [-0.2, -0.15) is 0 Å². The third-order valence-electron chi connectivity index (χ3n) is 5.96. The molecule has 32 heavy (non-hydrogen) atoms. The number of amides is 2. The molecule has 3 aromatic rings. The van der Waals surface area contributed by atoms with Crippen molar-refractivity contribution in [2.24, 2.45) is 5.92 Å². The average Bonchev–Trinajstić information content (AvgIpc) is 3.32. The fourth-order valence-electron chi connectivity index (χ4n) is 4.38. The Bertz CT molecular complexity index is 1180. The molecule has 3 atom stereocenters. The fourth-order valence-corrected chi connectivity index (χ4v) is 4.38. The summed E-state index contributed by atoms with van der Waals surface area (Å²) in [4.78, 5) is 34.2. The highest BCUT2D eigenvalue weighted by Crippen LogP contribution is 2.48. The number of aryl methyl sites for hydroxylation is 1. The van der Waals surface area contributed by atoms with Crippen LogP contribution in [0.3, 0.4) is 0 Å². The highest BCUT2D eigenvalue weighted by Gasteiger charge is 2.60. The zero-order valence-electron chi connectivity index (χ0n) is 17.6. The predicted molar refractivity (Wildman–Crippen MR) is 118 cm³/mol. The minimum absolute atomic E-state index is 0.00640. The molecule has 2 aliphatic heterocycles. The van der Waals surface area contributed by atoms with Gasteiger partial charge in [0, 0.05) is 0 Å². The topological polar surface area (TPSA) is 79.3 Å². The second-order valence-corrected chi connectivity index (χ2v) is 7.94. The van der Waals surface area contributed by atoms with Crippen LogP contribution in [0.1, 0.15) is 17.2 Å². The van der Waals surface area contributed by atoms with Gasteiger partial charge >= 0.3 is 0 Å². The van der Waals surface area contributed by atoms with E-state index >= 15 is 0 Å². The fraction of sp³-hybridized carbons (Fsp3) is 0.200. The highest BCUT2D eigenvalue weighted by molar-refractivity contribution is 6.23. The number of methoxy groups -OCH3 is 1. The van der Waals surface area contributed by atoms with Crippen molar-refractivity contribution in [2.75, 3.05) is 17.1 Å². The van der Waals surface area contributed by atoms with Crippen LogP contribution in [0.5, 0.6) is 11.5 Å². The lowest BCUT2D eigenvalue weighted by atomic mass is 9.90. The molecule has 0 bridgehead atoms. The summed E-state index contributed by atoms with van der Waals surface area (Å²) in [7, 11) is 1.46. The average molecular weight is 430 g/mol. The van der Waals surface area contributed by atoms with Crippen LogP contribution in [0, 0.1) is 12.8 Å². The van der Waals surface area contributed by atoms with E-state index in [1.807, 2.05) is 49.4 Å². The molecule has 0 unspecified atom stereocenters. The first-order valence-electron chi connectivity index (χ1n) is 10.3. The number of ether oxygens (including phenoxy) is 1. The zero-order chi connectivity index (χ0) is 22.4. The largest absolute Gasteiger partial charge is 0.504 e. The van der Waals surface area contributed by atoms with Gasteiger partial charge in [-0.3, -0.25) is 14.4 Å². The van der Waals surface area contributed by atoms with E-state index in [4.69, 9.17) is 9.57 Å². The van der Waals surface area contributed by atoms with Gasteiger partial charge in [-0.15, -0.1) is 0 Å². The summed E-state index contributed by atoms with van der Waals surface area (Å²) in [5.41, 5.74) is 2.98. The third-order valence-corrected chi connectivity index (χ3v) is 5.96. The molecule has 5 rings (SSSR count). The second kappa shape index (κ2) is 7.69. The van der Waals surface area contributed by atoms with Crippen LogP contribution < -0.4 is 14.7 Å². The van der Waals surface area contributed by atoms with Gasteiger partial charge in [0.2, 0.25) is 5.91 Å². The van der Waals surface area contributed by atoms with Crippen molar-refractivity contribution in [3.8, 4) is 11.5 Å². The number of nitrogens with zero attached hydrogens (tertiary/aromatic N) is 2. The summed E-state index contributed by atoms with van der Waals surface area (Å²) < 4.78 is 5.28. The Hall–Kier alpha value is -3.84. The van der Waals surface area contributed by atoms with Crippen LogP contribution in [0.15, 0.2) is 72.8 Å². The van der Waals surface area contributed by atoms with Gasteiger partial charge in [-0.1, -0.05) is 42.0 Å². The quantitative estimate of drug-likeness (QED) is 0.635. The van der Waals surface area contributed by atoms with E-state index < -0.39 is 24.0 Å². The molecular weight excluding hydrogens is 408 g/mol. The highest BCUT2D eigenvalue weighted by atomic mass is 16.7. The van der Waals surface area contributed by atoms with Crippen molar-refractivity contribution in [3.05, 3.63) is 83.9 Å². The molecular formula is C25H22N2O5. The first-order chi connectivity index (χ1) is 15.5. The number of carbonyl (C=O) groups is 2. The number of phenols is 1. The molecule has 2 fully saturated rings. The Labute approximate surface area is 185 Å². The van der Waals surface area contributed by atoms with E-state index in [-0.39, 0.29) is 17.4 Å². The molecule has 0 aliphatic carbocycles. The molecule has 2 saturated heterocycles. The molecule has 2 heterocycles. The van der Waals surface area contributed by atoms with Gasteiger partial charge in [-0.05, 0) is 48.9 Å². The maximum Gasteiger partial charge on any atom is 0.266 e. The first-order valence-corrected chi connectivity index (χ1v) is 10.3. The Morgan fingerprint density at radius 3 is 2.31 bits per heavy atom. The molecule has 7 heteroatoms. The number of anilines is 2. The summed E-state index contributed by atoms with van der Waals surface area (Å²) in [5.74, 6) is -1.19. The number of imide groups is 1. The van der Waals surface area contributed by atoms with Crippen LogP contribution in [0.4, 0.5) is 11.4 Å². The molecule has 3 aromatic carbocycles. The number of phenolic OH excluding ortho intramolecular Hbond substituents is 1. The van der Waals surface area contributed by atoms with Crippen LogP contribution in [-0.2, 0) is 14.4 Å². The molecule has 0 spiro atoms. The Morgan fingerprint density at radius 1 is 0.906 bits per heavy atom. The van der Waals surface area contributed by atoms with Crippen molar-refractivity contribution >= 4 is 23.2 Å². The predicted octanol–water partition coefficient (Wildman–Crippen LogP) is 3.76. The Kier molecular flexibility index (Phi) is 4.83. The minimum Gasteiger partial charge on any atom is -0.504 e. The first kappa shape index (κ1) is 20.1. The Morgan fingerprint density at radius 2 is 1.62 bits per heavy atom. The van der Waals surface area contributed by atoms with Gasteiger partial charge < -0.3 is 9.84 Å². The number of benzene rings is 3. The number of rotatable bonds is 4. The molecule has 1 N–H and O–H groups in total. The van der Waals surface area contributed by atoms with Crippen LogP contribution in [-0.4, -0.2) is 30.1 Å². The zero-order valence-corrected chi connectivity index (χ0v) is 17.6. The van der Waals surface area contributed by atoms with Crippen molar-refractivity contribution in [1.29, 1.82) is 0 Å². The van der Waals surface area contributed by atoms with Gasteiger partial charge in [-0.25, -0.2) is 9.96 Å². The molecule has 0 aromatic heterocycles. The summed E-state index contributed by atoms with van der Waals surface area (Å²) in [6.45, 7) is 1.95. The van der Waals surface area contributed by atoms with E-state index in [2.05, 4.69) is 0 Å². The molecule has 7 nitrogen and oxygen atoms in total. The SMILES string of the molecule is COc1cc([C@H]2[C@H]3C(=O)N(c4ccc(C)cc4)C(=O)[C@H]3ON2c2ccccc2)ccc1O. The number of hydrogen-bond donors (Lipinski definition) is 1. The lowest BCUT2D eigenvalue weighted by molar-refractivity contribution is -0.126. The summed E-state index contributed by atoms with van der Waals surface area (Å²) >= 11 is 0. The molecule has 0 saturated carbocycles. The molecule has 2 aliphatic rings. The van der Waals surface area contributed by atoms with Gasteiger partial charge in [0.25, 0.3) is 5.91 Å². The summed E-state index contributed by atoms with van der Waals surface area (Å²) in [6, 6.07) is 20.9. The van der Waals surface area contributed by atoms with Gasteiger partial charge in [0.1, 0.15) is 5.92 Å². The van der Waals surface area contributed by atoms with E-state index in [1.165, 1.54) is 18.1 Å². The van der Waals surface area contributed by atoms with E-state index in [0.29, 0.717) is 11.3 Å². The summed E-state index contributed by atoms with van der Waals surface area (Å²) in [6.07, 6.45) is -0.950. The maximum absolute atomic E-state index is 13.6. The normalized spacial score (nSPS) is 22.4. The smallest absolute Gasteiger partial charge is 0.266 e. The third kappa shape index (κ3) is 3.09. The van der Waals surface area contributed by atoms with Crippen molar-refractivity contribution in [2.45, 2.75) is 19.1 Å². The lowest BCUT2D eigenvalue weighted by Crippen LogP contribution is -2.37.